The standard InChI is InChI=1S/C16H21F3N2O/c1-11(21-15(22)10-20-9-13-2-3-13)8-12-4-6-14(7-5-12)16(17,18)19/h4-7,11,13,20H,2-3,8-10H2,1H3,(H,21,22). The molecule has 0 spiro atoms. The van der Waals surface area contributed by atoms with E-state index in [-0.39, 0.29) is 18.5 Å². The summed E-state index contributed by atoms with van der Waals surface area (Å²) in [7, 11) is 0. The van der Waals surface area contributed by atoms with Gasteiger partial charge in [0.05, 0.1) is 12.1 Å². The van der Waals surface area contributed by atoms with Gasteiger partial charge in [-0.2, -0.15) is 13.2 Å². The van der Waals surface area contributed by atoms with Gasteiger partial charge >= 0.3 is 6.18 Å². The highest BCUT2D eigenvalue weighted by molar-refractivity contribution is 5.78. The van der Waals surface area contributed by atoms with Crippen LogP contribution in [0.25, 0.3) is 0 Å². The summed E-state index contributed by atoms with van der Waals surface area (Å²) < 4.78 is 37.4. The Labute approximate surface area is 128 Å². The van der Waals surface area contributed by atoms with Crippen LogP contribution in [-0.4, -0.2) is 25.0 Å². The summed E-state index contributed by atoms with van der Waals surface area (Å²) in [6.45, 7) is 3.00. The van der Waals surface area contributed by atoms with Gasteiger partial charge in [-0.25, -0.2) is 0 Å². The van der Waals surface area contributed by atoms with Crippen molar-refractivity contribution < 1.29 is 18.0 Å². The van der Waals surface area contributed by atoms with Crippen LogP contribution in [-0.2, 0) is 17.4 Å². The molecule has 0 aromatic heterocycles. The topological polar surface area (TPSA) is 41.1 Å². The summed E-state index contributed by atoms with van der Waals surface area (Å²) in [5.41, 5.74) is 0.115. The second-order valence-electron chi connectivity index (χ2n) is 5.94. The maximum atomic E-state index is 12.5. The van der Waals surface area contributed by atoms with Gasteiger partial charge in [-0.15, -0.1) is 0 Å². The number of benzene rings is 1. The first kappa shape index (κ1) is 16.8. The van der Waals surface area contributed by atoms with Gasteiger partial charge in [0.15, 0.2) is 0 Å². The van der Waals surface area contributed by atoms with Crippen LogP contribution in [0.15, 0.2) is 24.3 Å². The second-order valence-corrected chi connectivity index (χ2v) is 5.94. The van der Waals surface area contributed by atoms with Crippen LogP contribution in [0.2, 0.25) is 0 Å². The molecule has 1 aromatic carbocycles. The van der Waals surface area contributed by atoms with E-state index >= 15 is 0 Å². The highest BCUT2D eigenvalue weighted by Crippen LogP contribution is 2.29. The summed E-state index contributed by atoms with van der Waals surface area (Å²) in [4.78, 5) is 11.7. The predicted octanol–water partition coefficient (Wildman–Crippen LogP) is 2.75. The molecular weight excluding hydrogens is 293 g/mol. The van der Waals surface area contributed by atoms with E-state index in [0.717, 1.165) is 30.2 Å². The fraction of sp³-hybridized carbons (Fsp3) is 0.562. The Hall–Kier alpha value is -1.56. The molecule has 1 amide bonds. The lowest BCUT2D eigenvalue weighted by atomic mass is 10.0. The Morgan fingerprint density at radius 2 is 1.91 bits per heavy atom. The third-order valence-corrected chi connectivity index (χ3v) is 3.65. The van der Waals surface area contributed by atoms with E-state index in [1.807, 2.05) is 6.92 Å². The van der Waals surface area contributed by atoms with E-state index in [4.69, 9.17) is 0 Å². The van der Waals surface area contributed by atoms with E-state index < -0.39 is 11.7 Å². The number of rotatable bonds is 7. The zero-order valence-corrected chi connectivity index (χ0v) is 12.5. The van der Waals surface area contributed by atoms with Crippen LogP contribution in [0.3, 0.4) is 0 Å². The summed E-state index contributed by atoms with van der Waals surface area (Å²) in [6, 6.07) is 4.93. The zero-order chi connectivity index (χ0) is 16.2. The van der Waals surface area contributed by atoms with Crippen molar-refractivity contribution in [3.05, 3.63) is 35.4 Å². The minimum Gasteiger partial charge on any atom is -0.352 e. The number of nitrogens with one attached hydrogen (secondary N) is 2. The molecule has 3 nitrogen and oxygen atoms in total. The van der Waals surface area contributed by atoms with Crippen molar-refractivity contribution in [3.63, 3.8) is 0 Å². The van der Waals surface area contributed by atoms with Crippen LogP contribution in [0.5, 0.6) is 0 Å². The average molecular weight is 314 g/mol. The second kappa shape index (κ2) is 7.13. The third-order valence-electron chi connectivity index (χ3n) is 3.65. The molecule has 6 heteroatoms. The van der Waals surface area contributed by atoms with Crippen LogP contribution in [0.4, 0.5) is 13.2 Å². The van der Waals surface area contributed by atoms with Gasteiger partial charge in [-0.3, -0.25) is 4.79 Å². The van der Waals surface area contributed by atoms with Crippen molar-refractivity contribution in [1.29, 1.82) is 0 Å². The van der Waals surface area contributed by atoms with Crippen molar-refractivity contribution in [2.75, 3.05) is 13.1 Å². The smallest absolute Gasteiger partial charge is 0.352 e. The van der Waals surface area contributed by atoms with Gasteiger partial charge in [-0.05, 0) is 56.3 Å². The monoisotopic (exact) mass is 314 g/mol. The summed E-state index contributed by atoms with van der Waals surface area (Å²) in [6.07, 6.45) is -1.34. The van der Waals surface area contributed by atoms with Crippen molar-refractivity contribution in [2.24, 2.45) is 5.92 Å². The van der Waals surface area contributed by atoms with Crippen LogP contribution in [0.1, 0.15) is 30.9 Å². The molecule has 0 bridgehead atoms. The summed E-state index contributed by atoms with van der Waals surface area (Å²) in [5, 5.41) is 5.95. The first-order valence-electron chi connectivity index (χ1n) is 7.51. The SMILES string of the molecule is CC(Cc1ccc(C(F)(F)F)cc1)NC(=O)CNCC1CC1. The van der Waals surface area contributed by atoms with E-state index in [1.165, 1.54) is 25.0 Å². The molecule has 1 aliphatic rings. The molecular formula is C16H21F3N2O. The molecule has 1 aromatic rings. The zero-order valence-electron chi connectivity index (χ0n) is 12.5. The van der Waals surface area contributed by atoms with Crippen LogP contribution >= 0.6 is 0 Å². The largest absolute Gasteiger partial charge is 0.416 e. The van der Waals surface area contributed by atoms with Gasteiger partial charge in [0.2, 0.25) is 5.91 Å². The lowest BCUT2D eigenvalue weighted by Crippen LogP contribution is -2.40. The molecule has 1 aliphatic carbocycles. The van der Waals surface area contributed by atoms with Gasteiger partial charge in [0.25, 0.3) is 0 Å². The molecule has 2 rings (SSSR count). The van der Waals surface area contributed by atoms with Gasteiger partial charge < -0.3 is 10.6 Å². The van der Waals surface area contributed by atoms with E-state index in [9.17, 15) is 18.0 Å². The summed E-state index contributed by atoms with van der Waals surface area (Å²) in [5.74, 6) is 0.637. The van der Waals surface area contributed by atoms with Crippen LogP contribution in [0, 0.1) is 5.92 Å². The van der Waals surface area contributed by atoms with E-state index in [0.29, 0.717) is 6.42 Å². The maximum Gasteiger partial charge on any atom is 0.416 e. The molecule has 1 fully saturated rings. The third kappa shape index (κ3) is 5.67. The van der Waals surface area contributed by atoms with Crippen molar-refractivity contribution in [3.8, 4) is 0 Å². The maximum absolute atomic E-state index is 12.5. The molecule has 122 valence electrons. The number of amides is 1. The lowest BCUT2D eigenvalue weighted by Gasteiger charge is -2.15. The van der Waals surface area contributed by atoms with E-state index in [2.05, 4.69) is 10.6 Å². The Morgan fingerprint density at radius 3 is 2.45 bits per heavy atom. The van der Waals surface area contributed by atoms with Crippen molar-refractivity contribution >= 4 is 5.91 Å². The predicted molar refractivity (Wildman–Crippen MR) is 78.3 cm³/mol. The minimum absolute atomic E-state index is 0.0833. The molecule has 1 saturated carbocycles. The summed E-state index contributed by atoms with van der Waals surface area (Å²) >= 11 is 0. The quantitative estimate of drug-likeness (QED) is 0.812. The van der Waals surface area contributed by atoms with Crippen LogP contribution < -0.4 is 10.6 Å². The molecule has 0 saturated heterocycles. The Balaban J connectivity index is 1.73. The minimum atomic E-state index is -4.31. The van der Waals surface area contributed by atoms with E-state index in [1.54, 1.807) is 0 Å². The van der Waals surface area contributed by atoms with Crippen molar-refractivity contribution in [2.45, 2.75) is 38.4 Å². The van der Waals surface area contributed by atoms with Crippen molar-refractivity contribution in [1.82, 2.24) is 10.6 Å². The molecule has 2 N–H and O–H groups in total. The van der Waals surface area contributed by atoms with Gasteiger partial charge in [-0.1, -0.05) is 12.1 Å². The van der Waals surface area contributed by atoms with Gasteiger partial charge in [0.1, 0.15) is 0 Å². The number of carbonyl (C=O) groups excluding carboxylic acids is 1. The Kier molecular flexibility index (Phi) is 5.45. The number of carbonyl (C=O) groups is 1. The number of alkyl halides is 3. The fourth-order valence-electron chi connectivity index (χ4n) is 2.27. The Morgan fingerprint density at radius 1 is 1.27 bits per heavy atom. The fourth-order valence-corrected chi connectivity index (χ4v) is 2.27. The first-order valence-corrected chi connectivity index (χ1v) is 7.51. The van der Waals surface area contributed by atoms with Gasteiger partial charge in [0, 0.05) is 6.04 Å². The number of hydrogen-bond donors (Lipinski definition) is 2. The normalized spacial score (nSPS) is 16.4. The first-order chi connectivity index (χ1) is 10.3. The molecule has 0 aliphatic heterocycles. The molecule has 1 atom stereocenters. The highest BCUT2D eigenvalue weighted by Gasteiger charge is 2.29. The number of hydrogen-bond acceptors (Lipinski definition) is 2. The molecule has 0 radical (unpaired) electrons. The molecule has 22 heavy (non-hydrogen) atoms. The average Bonchev–Trinajstić information content (AvgIpc) is 3.22. The lowest BCUT2D eigenvalue weighted by molar-refractivity contribution is -0.137. The number of halogens is 3. The highest BCUT2D eigenvalue weighted by atomic mass is 19.4. The Bertz CT molecular complexity index is 495. The molecule has 0 heterocycles. The molecule has 1 unspecified atom stereocenters.